The van der Waals surface area contributed by atoms with Crippen molar-refractivity contribution in [2.75, 3.05) is 53.7 Å². The van der Waals surface area contributed by atoms with Gasteiger partial charge in [-0.2, -0.15) is 0 Å². The minimum atomic E-state index is -0.421. The van der Waals surface area contributed by atoms with Crippen LogP contribution < -0.4 is 0 Å². The first-order chi connectivity index (χ1) is 24.2. The highest BCUT2D eigenvalue weighted by Gasteiger charge is 2.29. The van der Waals surface area contributed by atoms with E-state index in [0.29, 0.717) is 45.6 Å². The molecule has 0 saturated carbocycles. The Kier molecular flexibility index (Phi) is 25.7. The number of carbonyl (C=O) groups excluding carboxylic acids is 5. The molecule has 50 heavy (non-hydrogen) atoms. The van der Waals surface area contributed by atoms with E-state index in [9.17, 15) is 29.1 Å². The lowest BCUT2D eigenvalue weighted by Gasteiger charge is -2.22. The molecule has 0 bridgehead atoms. The zero-order chi connectivity index (χ0) is 37.0. The lowest BCUT2D eigenvalue weighted by Crippen LogP contribution is -2.33. The third-order valence-electron chi connectivity index (χ3n) is 8.71. The summed E-state index contributed by atoms with van der Waals surface area (Å²) in [7, 11) is 2.66. The SMILES string of the molecule is CCCCCC(=O)/C=C/[C@H]1CCC(=O)N1CCCCOCC(=O)OC.CCCCC[C@H](O)/C=C/[C@H]1CCC(=O)N1CCCCOCC(=O)OC. The van der Waals surface area contributed by atoms with E-state index >= 15 is 0 Å². The standard InChI is InChI=1S/C19H33NO5.C19H31NO5/c2*1-3-4-5-8-17(21)11-9-16-10-12-18(22)20(16)13-6-7-14-25-15-19(23)24-2/h9,11,16-17,21H,3-8,10,12-15H2,1-2H3;9,11,16H,3-8,10,12-15H2,1-2H3/b2*11-9+/t16-,17-;16-/m00/s1. The maximum atomic E-state index is 12.0. The zero-order valence-electron chi connectivity index (χ0n) is 31.1. The molecule has 2 aliphatic rings. The van der Waals surface area contributed by atoms with Gasteiger partial charge in [0, 0.05) is 45.6 Å². The lowest BCUT2D eigenvalue weighted by molar-refractivity contribution is -0.146. The van der Waals surface area contributed by atoms with Crippen LogP contribution in [0.4, 0.5) is 0 Å². The molecular formula is C38H64N2O10. The van der Waals surface area contributed by atoms with Crippen molar-refractivity contribution in [2.24, 2.45) is 0 Å². The van der Waals surface area contributed by atoms with Gasteiger partial charge < -0.3 is 33.9 Å². The molecular weight excluding hydrogens is 644 g/mol. The number of aliphatic hydroxyl groups is 1. The second kappa shape index (κ2) is 28.6. The zero-order valence-corrected chi connectivity index (χ0v) is 31.1. The number of likely N-dealkylation sites (tertiary alicyclic amines) is 2. The summed E-state index contributed by atoms with van der Waals surface area (Å²) in [6.45, 7) is 6.47. The van der Waals surface area contributed by atoms with Gasteiger partial charge in [0.2, 0.25) is 11.8 Å². The van der Waals surface area contributed by atoms with Gasteiger partial charge in [-0.3, -0.25) is 14.4 Å². The molecule has 286 valence electrons. The highest BCUT2D eigenvalue weighted by molar-refractivity contribution is 5.90. The first kappa shape index (κ1) is 44.9. The molecule has 2 saturated heterocycles. The monoisotopic (exact) mass is 708 g/mol. The van der Waals surface area contributed by atoms with Gasteiger partial charge in [-0.05, 0) is 57.4 Å². The quantitative estimate of drug-likeness (QED) is 0.0557. The van der Waals surface area contributed by atoms with Crippen molar-refractivity contribution in [3.63, 3.8) is 0 Å². The average molecular weight is 709 g/mol. The maximum Gasteiger partial charge on any atom is 0.331 e. The number of ether oxygens (including phenoxy) is 4. The number of hydrogen-bond acceptors (Lipinski definition) is 10. The number of aliphatic hydroxyl groups excluding tert-OH is 1. The Bertz CT molecular complexity index is 1050. The van der Waals surface area contributed by atoms with Gasteiger partial charge in [-0.1, -0.05) is 64.2 Å². The molecule has 2 aliphatic heterocycles. The smallest absolute Gasteiger partial charge is 0.331 e. The first-order valence-electron chi connectivity index (χ1n) is 18.6. The Morgan fingerprint density at radius 2 is 1.24 bits per heavy atom. The Labute approximate surface area is 299 Å². The van der Waals surface area contributed by atoms with Gasteiger partial charge >= 0.3 is 11.9 Å². The molecule has 12 heteroatoms. The van der Waals surface area contributed by atoms with E-state index in [2.05, 4.69) is 23.3 Å². The number of unbranched alkanes of at least 4 members (excludes halogenated alkanes) is 6. The van der Waals surface area contributed by atoms with Crippen LogP contribution in [0, 0.1) is 0 Å². The van der Waals surface area contributed by atoms with Crippen molar-refractivity contribution in [3.8, 4) is 0 Å². The molecule has 0 aromatic rings. The predicted molar refractivity (Wildman–Crippen MR) is 191 cm³/mol. The maximum absolute atomic E-state index is 12.0. The molecule has 0 unspecified atom stereocenters. The van der Waals surface area contributed by atoms with E-state index in [1.54, 1.807) is 6.08 Å². The summed E-state index contributed by atoms with van der Waals surface area (Å²) in [5.74, 6) is -0.306. The molecule has 0 aromatic heterocycles. The number of esters is 2. The number of nitrogens with zero attached hydrogens (tertiary/aromatic N) is 2. The van der Waals surface area contributed by atoms with Gasteiger partial charge in [0.1, 0.15) is 13.2 Å². The minimum absolute atomic E-state index is 0.0265. The fourth-order valence-electron chi connectivity index (χ4n) is 5.70. The van der Waals surface area contributed by atoms with E-state index < -0.39 is 6.10 Å². The van der Waals surface area contributed by atoms with E-state index in [-0.39, 0.29) is 54.8 Å². The largest absolute Gasteiger partial charge is 0.467 e. The Hall–Kier alpha value is -3.09. The predicted octanol–water partition coefficient (Wildman–Crippen LogP) is 5.10. The number of ketones is 1. The summed E-state index contributed by atoms with van der Waals surface area (Å²) in [5.41, 5.74) is 0. The third kappa shape index (κ3) is 20.6. The van der Waals surface area contributed by atoms with Gasteiger partial charge in [-0.25, -0.2) is 9.59 Å². The van der Waals surface area contributed by atoms with Crippen LogP contribution in [0.15, 0.2) is 24.3 Å². The van der Waals surface area contributed by atoms with Gasteiger partial charge in [-0.15, -0.1) is 0 Å². The van der Waals surface area contributed by atoms with Crippen molar-refractivity contribution >= 4 is 29.5 Å². The fourth-order valence-corrected chi connectivity index (χ4v) is 5.70. The van der Waals surface area contributed by atoms with Gasteiger partial charge in [0.05, 0.1) is 32.4 Å². The summed E-state index contributed by atoms with van der Waals surface area (Å²) in [5, 5.41) is 9.98. The highest BCUT2D eigenvalue weighted by atomic mass is 16.6. The summed E-state index contributed by atoms with van der Waals surface area (Å²) in [6, 6.07) is 0.114. The van der Waals surface area contributed by atoms with E-state index in [0.717, 1.165) is 83.5 Å². The second-order valence-corrected chi connectivity index (χ2v) is 12.8. The third-order valence-corrected chi connectivity index (χ3v) is 8.71. The van der Waals surface area contributed by atoms with Crippen molar-refractivity contribution in [2.45, 2.75) is 135 Å². The summed E-state index contributed by atoms with van der Waals surface area (Å²) >= 11 is 0. The van der Waals surface area contributed by atoms with Crippen LogP contribution in [0.5, 0.6) is 0 Å². The number of rotatable bonds is 26. The lowest BCUT2D eigenvalue weighted by atomic mass is 10.1. The van der Waals surface area contributed by atoms with Crippen LogP contribution in [0.25, 0.3) is 0 Å². The number of hydrogen-bond donors (Lipinski definition) is 1. The van der Waals surface area contributed by atoms with Crippen LogP contribution in [0.2, 0.25) is 0 Å². The fraction of sp³-hybridized carbons (Fsp3) is 0.763. The number of methoxy groups -OCH3 is 2. The van der Waals surface area contributed by atoms with Gasteiger partial charge in [0.25, 0.3) is 0 Å². The average Bonchev–Trinajstić information content (AvgIpc) is 3.65. The van der Waals surface area contributed by atoms with Gasteiger partial charge in [0.15, 0.2) is 5.78 Å². The molecule has 0 spiro atoms. The molecule has 1 N–H and O–H groups in total. The van der Waals surface area contributed by atoms with Crippen molar-refractivity contribution in [3.05, 3.63) is 24.3 Å². The molecule has 0 aliphatic carbocycles. The Morgan fingerprint density at radius 3 is 1.74 bits per heavy atom. The van der Waals surface area contributed by atoms with E-state index in [4.69, 9.17) is 9.47 Å². The van der Waals surface area contributed by atoms with Crippen molar-refractivity contribution in [1.82, 2.24) is 9.80 Å². The normalized spacial score (nSPS) is 18.2. The molecule has 0 radical (unpaired) electrons. The van der Waals surface area contributed by atoms with E-state index in [1.807, 2.05) is 28.0 Å². The molecule has 12 nitrogen and oxygen atoms in total. The van der Waals surface area contributed by atoms with Crippen LogP contribution in [-0.2, 0) is 42.9 Å². The molecule has 2 fully saturated rings. The van der Waals surface area contributed by atoms with E-state index in [1.165, 1.54) is 14.2 Å². The molecule has 0 aromatic carbocycles. The number of amides is 2. The van der Waals surface area contributed by atoms with Crippen LogP contribution in [0.3, 0.4) is 0 Å². The summed E-state index contributed by atoms with van der Waals surface area (Å²) < 4.78 is 19.4. The first-order valence-corrected chi connectivity index (χ1v) is 18.6. The Morgan fingerprint density at radius 1 is 0.740 bits per heavy atom. The van der Waals surface area contributed by atoms with Crippen LogP contribution >= 0.6 is 0 Å². The molecule has 2 rings (SSSR count). The molecule has 2 amide bonds. The number of allylic oxidation sites excluding steroid dienone is 1. The summed E-state index contributed by atoms with van der Waals surface area (Å²) in [4.78, 5) is 61.4. The van der Waals surface area contributed by atoms with Crippen molar-refractivity contribution < 1.29 is 48.0 Å². The van der Waals surface area contributed by atoms with Crippen LogP contribution in [-0.4, -0.2) is 116 Å². The number of carbonyl (C=O) groups is 5. The summed E-state index contributed by atoms with van der Waals surface area (Å²) in [6.07, 6.45) is 20.6. The van der Waals surface area contributed by atoms with Crippen molar-refractivity contribution in [1.29, 1.82) is 0 Å². The topological polar surface area (TPSA) is 149 Å². The van der Waals surface area contributed by atoms with Crippen LogP contribution in [0.1, 0.15) is 117 Å². The molecule has 2 heterocycles. The highest BCUT2D eigenvalue weighted by Crippen LogP contribution is 2.22. The Balaban J connectivity index is 0.000000500. The minimum Gasteiger partial charge on any atom is -0.467 e. The second-order valence-electron chi connectivity index (χ2n) is 12.8. The molecule has 3 atom stereocenters.